The molecule has 0 spiro atoms. The topological polar surface area (TPSA) is 179 Å². The highest BCUT2D eigenvalue weighted by Crippen LogP contribution is 2.67. The number of carbonyl (C=O) groups excluding carboxylic acids is 4. The molecule has 5 N–H and O–H groups in total. The summed E-state index contributed by atoms with van der Waals surface area (Å²) in [5, 5.41) is 59.2. The fraction of sp³-hybridized carbons (Fsp3) is 0.486. The summed E-state index contributed by atoms with van der Waals surface area (Å²) in [6.45, 7) is 11.0. The Kier molecular flexibility index (Phi) is 7.57. The number of phenolic OH excluding ortho intramolecular Hbond substituents is 1. The monoisotopic (exact) mass is 620 g/mol. The van der Waals surface area contributed by atoms with Crippen LogP contribution < -0.4 is 0 Å². The summed E-state index contributed by atoms with van der Waals surface area (Å²) in [6.07, 6.45) is 2.39. The average molecular weight is 621 g/mol. The zero-order valence-electron chi connectivity index (χ0n) is 26.5. The molecule has 1 saturated carbocycles. The van der Waals surface area contributed by atoms with Crippen LogP contribution in [0.4, 0.5) is 0 Å². The number of hydrogen-bond donors (Lipinski definition) is 5. The molecule has 6 atom stereocenters. The van der Waals surface area contributed by atoms with E-state index in [0.29, 0.717) is 23.1 Å². The Morgan fingerprint density at radius 3 is 2.33 bits per heavy atom. The van der Waals surface area contributed by atoms with Gasteiger partial charge in [0, 0.05) is 16.7 Å². The fourth-order valence-electron chi connectivity index (χ4n) is 8.42. The Morgan fingerprint density at radius 1 is 1.11 bits per heavy atom. The Hall–Kier alpha value is -4.02. The van der Waals surface area contributed by atoms with Crippen LogP contribution >= 0.6 is 0 Å². The molecule has 45 heavy (non-hydrogen) atoms. The number of aliphatic hydroxyl groups is 4. The van der Waals surface area contributed by atoms with Gasteiger partial charge >= 0.3 is 5.97 Å². The summed E-state index contributed by atoms with van der Waals surface area (Å²) in [5.41, 5.74) is -5.67. The van der Waals surface area contributed by atoms with Crippen molar-refractivity contribution < 1.29 is 49.4 Å². The van der Waals surface area contributed by atoms with E-state index in [2.05, 4.69) is 0 Å². The molecule has 1 aromatic rings. The first-order valence-corrected chi connectivity index (χ1v) is 15.2. The molecule has 0 saturated heterocycles. The molecule has 0 heterocycles. The van der Waals surface area contributed by atoms with Gasteiger partial charge in [0.25, 0.3) is 0 Å². The Morgan fingerprint density at radius 2 is 1.76 bits per heavy atom. The average Bonchev–Trinajstić information content (AvgIpc) is 3.43. The smallest absolute Gasteiger partial charge is 0.337 e. The summed E-state index contributed by atoms with van der Waals surface area (Å²) in [7, 11) is 0. The maximum absolute atomic E-state index is 14.6. The lowest BCUT2D eigenvalue weighted by Crippen LogP contribution is -2.75. The Bertz CT molecular complexity index is 1690. The van der Waals surface area contributed by atoms with Crippen molar-refractivity contribution >= 4 is 29.1 Å². The second-order valence-electron chi connectivity index (χ2n) is 13.4. The maximum Gasteiger partial charge on any atom is 0.337 e. The van der Waals surface area contributed by atoms with Crippen LogP contribution in [0, 0.1) is 22.7 Å². The van der Waals surface area contributed by atoms with E-state index in [1.165, 1.54) is 6.92 Å². The highest BCUT2D eigenvalue weighted by Gasteiger charge is 2.77. The van der Waals surface area contributed by atoms with Crippen molar-refractivity contribution in [1.29, 1.82) is 0 Å². The summed E-state index contributed by atoms with van der Waals surface area (Å²) in [6, 6.07) is 3.37. The molecule has 1 aromatic carbocycles. The largest absolute Gasteiger partial charge is 0.508 e. The van der Waals surface area contributed by atoms with Gasteiger partial charge in [-0.1, -0.05) is 58.4 Å². The summed E-state index contributed by atoms with van der Waals surface area (Å²) < 4.78 is 5.06. The molecule has 10 heteroatoms. The number of aromatic hydroxyl groups is 1. The molecule has 10 nitrogen and oxygen atoms in total. The van der Waals surface area contributed by atoms with Crippen molar-refractivity contribution in [3.63, 3.8) is 0 Å². The number of Topliss-reactive ketones (excluding diaryl/α,β-unsaturated/α-hetero) is 3. The number of aliphatic hydroxyl groups excluding tert-OH is 3. The Labute approximate surface area is 261 Å². The number of ether oxygens (including phenoxy) is 1. The summed E-state index contributed by atoms with van der Waals surface area (Å²) in [5.74, 6) is -7.92. The van der Waals surface area contributed by atoms with Crippen molar-refractivity contribution in [2.75, 3.05) is 6.61 Å². The van der Waals surface area contributed by atoms with E-state index in [1.807, 2.05) is 0 Å². The molecule has 4 aliphatic carbocycles. The third-order valence-electron chi connectivity index (χ3n) is 10.8. The number of carbonyl (C=O) groups is 4. The first kappa shape index (κ1) is 32.4. The van der Waals surface area contributed by atoms with Gasteiger partial charge in [0.05, 0.1) is 29.4 Å². The first-order valence-electron chi connectivity index (χ1n) is 15.2. The van der Waals surface area contributed by atoms with E-state index < -0.39 is 86.3 Å². The molecule has 0 radical (unpaired) electrons. The van der Waals surface area contributed by atoms with E-state index in [1.54, 1.807) is 58.9 Å². The highest BCUT2D eigenvalue weighted by atomic mass is 16.5. The predicted octanol–water partition coefficient (Wildman–Crippen LogP) is 4.08. The normalized spacial score (nSPS) is 32.6. The van der Waals surface area contributed by atoms with Crippen molar-refractivity contribution in [3.8, 4) is 5.75 Å². The minimum absolute atomic E-state index is 0.0556. The van der Waals surface area contributed by atoms with Crippen LogP contribution in [0.1, 0.15) is 77.5 Å². The Balaban J connectivity index is 1.70. The quantitative estimate of drug-likeness (QED) is 0.230. The number of benzene rings is 1. The molecule has 5 rings (SSSR count). The molecule has 240 valence electrons. The minimum Gasteiger partial charge on any atom is -0.508 e. The maximum atomic E-state index is 14.6. The third kappa shape index (κ3) is 4.01. The van der Waals surface area contributed by atoms with Gasteiger partial charge in [-0.2, -0.15) is 0 Å². The van der Waals surface area contributed by atoms with Crippen LogP contribution in [0.25, 0.3) is 5.76 Å². The van der Waals surface area contributed by atoms with Gasteiger partial charge in [-0.3, -0.25) is 14.4 Å². The molecule has 0 aromatic heterocycles. The minimum atomic E-state index is -2.94. The molecule has 4 aliphatic rings. The molecule has 0 amide bonds. The lowest BCUT2D eigenvalue weighted by molar-refractivity contribution is -0.215. The zero-order valence-corrected chi connectivity index (χ0v) is 26.5. The van der Waals surface area contributed by atoms with Gasteiger partial charge in [0.2, 0.25) is 5.78 Å². The van der Waals surface area contributed by atoms with Crippen LogP contribution in [0.5, 0.6) is 5.75 Å². The predicted molar refractivity (Wildman–Crippen MR) is 163 cm³/mol. The number of phenols is 1. The summed E-state index contributed by atoms with van der Waals surface area (Å²) >= 11 is 0. The number of ketones is 3. The fourth-order valence-corrected chi connectivity index (χ4v) is 8.42. The van der Waals surface area contributed by atoms with Crippen LogP contribution in [0.15, 0.2) is 52.3 Å². The number of allylic oxidation sites excluding steroid dienone is 3. The van der Waals surface area contributed by atoms with Crippen LogP contribution in [0.3, 0.4) is 0 Å². The molecule has 0 bridgehead atoms. The molecule has 1 fully saturated rings. The number of rotatable bonds is 6. The van der Waals surface area contributed by atoms with Gasteiger partial charge in [-0.25, -0.2) is 4.79 Å². The third-order valence-corrected chi connectivity index (χ3v) is 10.8. The van der Waals surface area contributed by atoms with Gasteiger partial charge < -0.3 is 30.3 Å². The first-order chi connectivity index (χ1) is 20.9. The lowest BCUT2D eigenvalue weighted by atomic mass is 9.40. The number of fused-ring (bicyclic) bond motifs is 3. The number of hydrogen-bond acceptors (Lipinski definition) is 10. The van der Waals surface area contributed by atoms with Crippen LogP contribution in [-0.4, -0.2) is 67.2 Å². The van der Waals surface area contributed by atoms with Crippen LogP contribution in [0.2, 0.25) is 0 Å². The molecular weight excluding hydrogens is 580 g/mol. The van der Waals surface area contributed by atoms with E-state index >= 15 is 0 Å². The standard InChI is InChI=1S/C35H40O10/c1-8-45-31(42)20-10-9-18(14-20)13-19-11-12-21-16(4)33(6)25(28(39)23(21)26(19)37)30(41)35(44)29(40)22(17(5)36)27(38)24(15(2)3)34(35,7)32(33)43/h10-12,14-16,24,32,37,39-40,43-44H,8-9,13H2,1-7H3/t16-,24?,32-,33+,34+,35+/m1/s1. The van der Waals surface area contributed by atoms with Gasteiger partial charge in [-0.05, 0) is 55.7 Å². The van der Waals surface area contributed by atoms with E-state index in [0.717, 1.165) is 12.5 Å². The van der Waals surface area contributed by atoms with Crippen molar-refractivity contribution in [3.05, 3.63) is 69.0 Å². The highest BCUT2D eigenvalue weighted by molar-refractivity contribution is 6.24. The van der Waals surface area contributed by atoms with Crippen molar-refractivity contribution in [2.45, 2.75) is 78.9 Å². The lowest BCUT2D eigenvalue weighted by Gasteiger charge is -2.63. The van der Waals surface area contributed by atoms with Gasteiger partial charge in [-0.15, -0.1) is 0 Å². The zero-order chi connectivity index (χ0) is 33.5. The van der Waals surface area contributed by atoms with Crippen molar-refractivity contribution in [2.24, 2.45) is 22.7 Å². The van der Waals surface area contributed by atoms with E-state index in [4.69, 9.17) is 4.74 Å². The second-order valence-corrected chi connectivity index (χ2v) is 13.4. The number of esters is 1. The van der Waals surface area contributed by atoms with Gasteiger partial charge in [0.15, 0.2) is 17.2 Å². The molecule has 1 unspecified atom stereocenters. The summed E-state index contributed by atoms with van der Waals surface area (Å²) in [4.78, 5) is 53.0. The van der Waals surface area contributed by atoms with E-state index in [9.17, 15) is 44.7 Å². The second kappa shape index (κ2) is 10.5. The SMILES string of the molecule is CCOC(=O)C1=CCC(Cc2ccc3c(c2O)C(O)=C2C(=O)[C@@]4(O)C(O)=C(C(C)=O)C(=O)C(C(C)C)[C@@]4(C)[C@H](O)[C@@]2(C)[C@@H]3C)=C1. The van der Waals surface area contributed by atoms with Crippen LogP contribution in [-0.2, 0) is 30.3 Å². The van der Waals surface area contributed by atoms with E-state index in [-0.39, 0.29) is 24.3 Å². The molecular formula is C35H40O10. The molecule has 0 aliphatic heterocycles. The van der Waals surface area contributed by atoms with Gasteiger partial charge in [0.1, 0.15) is 22.8 Å². The van der Waals surface area contributed by atoms with Crippen molar-refractivity contribution in [1.82, 2.24) is 0 Å².